The molecule has 0 saturated carbocycles. The van der Waals surface area contributed by atoms with Gasteiger partial charge in [0.15, 0.2) is 0 Å². The van der Waals surface area contributed by atoms with Crippen LogP contribution in [0.3, 0.4) is 0 Å². The Morgan fingerprint density at radius 1 is 1.24 bits per heavy atom. The summed E-state index contributed by atoms with van der Waals surface area (Å²) < 4.78 is 2.03. The van der Waals surface area contributed by atoms with E-state index in [9.17, 15) is 0 Å². The molecule has 0 aliphatic carbocycles. The second kappa shape index (κ2) is 6.10. The highest BCUT2D eigenvalue weighted by Gasteiger charge is 2.01. The van der Waals surface area contributed by atoms with Crippen LogP contribution < -0.4 is 5.32 Å². The van der Waals surface area contributed by atoms with Gasteiger partial charge in [0.25, 0.3) is 0 Å². The number of hydrogen-bond acceptors (Lipinski definition) is 4. The summed E-state index contributed by atoms with van der Waals surface area (Å²) in [5.74, 6) is 0. The van der Waals surface area contributed by atoms with Gasteiger partial charge in [-0.15, -0.1) is 0 Å². The van der Waals surface area contributed by atoms with Gasteiger partial charge in [-0.3, -0.25) is 4.68 Å². The molecule has 2 aromatic rings. The highest BCUT2D eigenvalue weighted by molar-refractivity contribution is 5.02. The topological polar surface area (TPSA) is 55.6 Å². The summed E-state index contributed by atoms with van der Waals surface area (Å²) >= 11 is 0. The van der Waals surface area contributed by atoms with E-state index in [2.05, 4.69) is 27.5 Å². The normalized spacial score (nSPS) is 10.6. The Morgan fingerprint density at radius 2 is 2.18 bits per heavy atom. The number of aryl methyl sites for hydroxylation is 1. The fourth-order valence-electron chi connectivity index (χ4n) is 1.67. The van der Waals surface area contributed by atoms with Gasteiger partial charge in [0.2, 0.25) is 0 Å². The van der Waals surface area contributed by atoms with E-state index < -0.39 is 0 Å². The monoisotopic (exact) mass is 231 g/mol. The van der Waals surface area contributed by atoms with E-state index in [4.69, 9.17) is 0 Å². The molecule has 0 atom stereocenters. The molecule has 0 radical (unpaired) electrons. The van der Waals surface area contributed by atoms with Crippen LogP contribution in [-0.4, -0.2) is 20.0 Å². The van der Waals surface area contributed by atoms with E-state index in [0.717, 1.165) is 31.7 Å². The van der Waals surface area contributed by atoms with Crippen LogP contribution >= 0.6 is 0 Å². The third-order valence-electron chi connectivity index (χ3n) is 2.48. The molecule has 5 nitrogen and oxygen atoms in total. The molecule has 1 N–H and O–H groups in total. The highest BCUT2D eigenvalue weighted by Crippen LogP contribution is 2.00. The summed E-state index contributed by atoms with van der Waals surface area (Å²) in [5.41, 5.74) is 2.16. The summed E-state index contributed by atoms with van der Waals surface area (Å²) in [7, 11) is 0. The molecule has 0 saturated heterocycles. The van der Waals surface area contributed by atoms with E-state index in [-0.39, 0.29) is 0 Å². The first-order chi connectivity index (χ1) is 8.40. The fraction of sp³-hybridized carbons (Fsp3) is 0.417. The highest BCUT2D eigenvalue weighted by atomic mass is 15.3. The van der Waals surface area contributed by atoms with E-state index in [1.54, 1.807) is 6.20 Å². The maximum atomic E-state index is 4.28. The SMILES string of the molecule is CCCn1nccc1CNCc1cccnn1. The molecule has 0 amide bonds. The number of nitrogens with zero attached hydrogens (tertiary/aromatic N) is 4. The van der Waals surface area contributed by atoms with Crippen molar-refractivity contribution in [1.82, 2.24) is 25.3 Å². The molecule has 0 unspecified atom stereocenters. The lowest BCUT2D eigenvalue weighted by Gasteiger charge is -2.07. The maximum Gasteiger partial charge on any atom is 0.0769 e. The van der Waals surface area contributed by atoms with Crippen molar-refractivity contribution < 1.29 is 0 Å². The van der Waals surface area contributed by atoms with Crippen molar-refractivity contribution in [3.05, 3.63) is 42.0 Å². The lowest BCUT2D eigenvalue weighted by atomic mass is 10.3. The summed E-state index contributed by atoms with van der Waals surface area (Å²) in [6.07, 6.45) is 4.62. The van der Waals surface area contributed by atoms with Crippen molar-refractivity contribution in [3.63, 3.8) is 0 Å². The van der Waals surface area contributed by atoms with Gasteiger partial charge in [-0.2, -0.15) is 15.3 Å². The number of aromatic nitrogens is 4. The zero-order valence-electron chi connectivity index (χ0n) is 10.0. The Bertz CT molecular complexity index is 437. The average Bonchev–Trinajstić information content (AvgIpc) is 2.79. The summed E-state index contributed by atoms with van der Waals surface area (Å²) in [5, 5.41) is 15.5. The van der Waals surface area contributed by atoms with E-state index in [1.165, 1.54) is 5.69 Å². The Kier molecular flexibility index (Phi) is 4.21. The quantitative estimate of drug-likeness (QED) is 0.816. The second-order valence-corrected chi connectivity index (χ2v) is 3.86. The van der Waals surface area contributed by atoms with E-state index in [0.29, 0.717) is 0 Å². The minimum Gasteiger partial charge on any atom is -0.305 e. The second-order valence-electron chi connectivity index (χ2n) is 3.86. The lowest BCUT2D eigenvalue weighted by Crippen LogP contribution is -2.17. The van der Waals surface area contributed by atoms with Crippen LogP contribution in [0.1, 0.15) is 24.7 Å². The molecular weight excluding hydrogens is 214 g/mol. The van der Waals surface area contributed by atoms with Gasteiger partial charge in [-0.05, 0) is 24.6 Å². The summed E-state index contributed by atoms with van der Waals surface area (Å²) in [4.78, 5) is 0. The predicted molar refractivity (Wildman–Crippen MR) is 65.1 cm³/mol. The molecule has 0 aliphatic heterocycles. The lowest BCUT2D eigenvalue weighted by molar-refractivity contribution is 0.547. The van der Waals surface area contributed by atoms with Crippen molar-refractivity contribution in [3.8, 4) is 0 Å². The summed E-state index contributed by atoms with van der Waals surface area (Å²) in [6, 6.07) is 5.90. The van der Waals surface area contributed by atoms with Gasteiger partial charge in [0.1, 0.15) is 0 Å². The smallest absolute Gasteiger partial charge is 0.0769 e. The van der Waals surface area contributed by atoms with Crippen LogP contribution in [0, 0.1) is 0 Å². The zero-order chi connectivity index (χ0) is 11.9. The first-order valence-electron chi connectivity index (χ1n) is 5.88. The van der Waals surface area contributed by atoms with Crippen molar-refractivity contribution in [2.75, 3.05) is 0 Å². The van der Waals surface area contributed by atoms with Crippen LogP contribution in [0.25, 0.3) is 0 Å². The largest absolute Gasteiger partial charge is 0.305 e. The summed E-state index contributed by atoms with van der Waals surface area (Å²) in [6.45, 7) is 4.65. The van der Waals surface area contributed by atoms with Gasteiger partial charge in [-0.1, -0.05) is 6.92 Å². The van der Waals surface area contributed by atoms with Gasteiger partial charge in [-0.25, -0.2) is 0 Å². The molecule has 0 fully saturated rings. The maximum absolute atomic E-state index is 4.28. The van der Waals surface area contributed by atoms with E-state index >= 15 is 0 Å². The number of hydrogen-bond donors (Lipinski definition) is 1. The van der Waals surface area contributed by atoms with E-state index in [1.807, 2.05) is 29.1 Å². The van der Waals surface area contributed by atoms with Crippen LogP contribution in [-0.2, 0) is 19.6 Å². The van der Waals surface area contributed by atoms with Gasteiger partial charge < -0.3 is 5.32 Å². The molecule has 2 heterocycles. The molecule has 90 valence electrons. The van der Waals surface area contributed by atoms with Crippen LogP contribution in [0.5, 0.6) is 0 Å². The Labute approximate surface area is 101 Å². The molecule has 5 heteroatoms. The standard InChI is InChI=1S/C12H17N5/c1-2-8-17-12(5-7-15-17)10-13-9-11-4-3-6-14-16-11/h3-7,13H,2,8-10H2,1H3. The zero-order valence-corrected chi connectivity index (χ0v) is 10.0. The van der Waals surface area contributed by atoms with Gasteiger partial charge in [0, 0.05) is 32.0 Å². The first-order valence-corrected chi connectivity index (χ1v) is 5.88. The van der Waals surface area contributed by atoms with Crippen LogP contribution in [0.2, 0.25) is 0 Å². The Hall–Kier alpha value is -1.75. The Balaban J connectivity index is 1.84. The molecule has 0 aliphatic rings. The minimum atomic E-state index is 0.727. The molecule has 0 spiro atoms. The average molecular weight is 231 g/mol. The van der Waals surface area contributed by atoms with Crippen molar-refractivity contribution >= 4 is 0 Å². The molecular formula is C12H17N5. The predicted octanol–water partition coefficient (Wildman–Crippen LogP) is 1.37. The molecule has 2 aromatic heterocycles. The van der Waals surface area contributed by atoms with Gasteiger partial charge >= 0.3 is 0 Å². The van der Waals surface area contributed by atoms with Crippen molar-refractivity contribution in [1.29, 1.82) is 0 Å². The van der Waals surface area contributed by atoms with Crippen LogP contribution in [0.4, 0.5) is 0 Å². The molecule has 0 bridgehead atoms. The van der Waals surface area contributed by atoms with Gasteiger partial charge in [0.05, 0.1) is 11.4 Å². The number of rotatable bonds is 6. The molecule has 0 aromatic carbocycles. The number of nitrogens with one attached hydrogen (secondary N) is 1. The van der Waals surface area contributed by atoms with Crippen molar-refractivity contribution in [2.45, 2.75) is 33.0 Å². The minimum absolute atomic E-state index is 0.727. The molecule has 17 heavy (non-hydrogen) atoms. The third kappa shape index (κ3) is 3.35. The fourth-order valence-corrected chi connectivity index (χ4v) is 1.67. The Morgan fingerprint density at radius 3 is 2.94 bits per heavy atom. The van der Waals surface area contributed by atoms with Crippen molar-refractivity contribution in [2.24, 2.45) is 0 Å². The van der Waals surface area contributed by atoms with Crippen LogP contribution in [0.15, 0.2) is 30.6 Å². The first kappa shape index (κ1) is 11.7. The third-order valence-corrected chi connectivity index (χ3v) is 2.48. The molecule has 2 rings (SSSR count).